The van der Waals surface area contributed by atoms with Crippen molar-refractivity contribution in [1.82, 2.24) is 10.2 Å². The molecule has 3 saturated heterocycles. The summed E-state index contributed by atoms with van der Waals surface area (Å²) in [5.74, 6) is 3.02. The number of rotatable bonds is 2. The molecule has 0 unspecified atom stereocenters. The molecule has 4 heterocycles. The fraction of sp³-hybridized carbons (Fsp3) is 0.692. The molecule has 1 aromatic rings. The molecule has 0 N–H and O–H groups in total. The Kier molecular flexibility index (Phi) is 2.33. The van der Waals surface area contributed by atoms with Gasteiger partial charge in [0.15, 0.2) is 0 Å². The summed E-state index contributed by atoms with van der Waals surface area (Å²) in [6.07, 6.45) is 5.79. The number of piperidine rings is 3. The van der Waals surface area contributed by atoms with Crippen molar-refractivity contribution < 1.29 is 9.48 Å². The summed E-state index contributed by atoms with van der Waals surface area (Å²) in [6.45, 7) is 3.37. The smallest absolute Gasteiger partial charge is 0.292 e. The van der Waals surface area contributed by atoms with Crippen LogP contribution in [0.2, 0.25) is 5.02 Å². The molecule has 3 aliphatic heterocycles. The predicted octanol–water partition coefficient (Wildman–Crippen LogP) is 2.30. The quantitative estimate of drug-likeness (QED) is 0.771. The Bertz CT molecular complexity index is 444. The molecule has 4 aliphatic rings. The first kappa shape index (κ1) is 11.0. The van der Waals surface area contributed by atoms with Gasteiger partial charge in [0.2, 0.25) is 0 Å². The summed E-state index contributed by atoms with van der Waals surface area (Å²) in [5, 5.41) is 8.48. The van der Waals surface area contributed by atoms with E-state index in [0.29, 0.717) is 10.9 Å². The minimum Gasteiger partial charge on any atom is -0.292 e. The first-order valence-corrected chi connectivity index (χ1v) is 7.13. The van der Waals surface area contributed by atoms with Crippen LogP contribution in [0.15, 0.2) is 12.3 Å². The zero-order chi connectivity index (χ0) is 12.2. The SMILES string of the molecule is Clc1ccnnc1O[N+]12CC3CC(CC(C3)C1)C2. The number of halogens is 1. The lowest BCUT2D eigenvalue weighted by Crippen LogP contribution is -2.67. The van der Waals surface area contributed by atoms with Crippen molar-refractivity contribution in [3.63, 3.8) is 0 Å². The van der Waals surface area contributed by atoms with Gasteiger partial charge in [0.25, 0.3) is 0 Å². The molecule has 18 heavy (non-hydrogen) atoms. The van der Waals surface area contributed by atoms with Gasteiger partial charge in [-0.1, -0.05) is 11.6 Å². The molecule has 1 aliphatic carbocycles. The first-order valence-electron chi connectivity index (χ1n) is 6.75. The highest BCUT2D eigenvalue weighted by molar-refractivity contribution is 6.31. The molecule has 5 heteroatoms. The molecule has 0 amide bonds. The average Bonchev–Trinajstić information content (AvgIpc) is 2.30. The number of aromatic nitrogens is 2. The second-order valence-corrected chi connectivity index (χ2v) is 6.59. The number of hydroxylamine groups is 3. The Morgan fingerprint density at radius 1 is 1.11 bits per heavy atom. The normalized spacial score (nSPS) is 41.1. The number of hydrogen-bond donors (Lipinski definition) is 0. The Labute approximate surface area is 111 Å². The Morgan fingerprint density at radius 3 is 2.28 bits per heavy atom. The molecule has 1 aromatic heterocycles. The number of quaternary nitrogens is 1. The Balaban J connectivity index is 1.63. The van der Waals surface area contributed by atoms with Crippen LogP contribution in [-0.4, -0.2) is 34.5 Å². The average molecular weight is 267 g/mol. The third-order valence-corrected chi connectivity index (χ3v) is 4.98. The van der Waals surface area contributed by atoms with Gasteiger partial charge in [0.05, 0.1) is 6.20 Å². The molecular weight excluding hydrogens is 250 g/mol. The fourth-order valence-corrected chi connectivity index (χ4v) is 4.57. The lowest BCUT2D eigenvalue weighted by Gasteiger charge is -2.54. The van der Waals surface area contributed by atoms with Gasteiger partial charge in [-0.15, -0.1) is 9.75 Å². The number of nitrogens with zero attached hydrogens (tertiary/aromatic N) is 3. The van der Waals surface area contributed by atoms with Gasteiger partial charge in [0.1, 0.15) is 24.7 Å². The summed E-state index contributed by atoms with van der Waals surface area (Å²) in [4.78, 5) is 6.18. The molecular formula is C13H17ClN3O+. The Hall–Kier alpha value is -0.870. The van der Waals surface area contributed by atoms with Gasteiger partial charge in [-0.2, -0.15) is 5.10 Å². The highest BCUT2D eigenvalue weighted by atomic mass is 35.5. The molecule has 0 atom stereocenters. The van der Waals surface area contributed by atoms with Crippen LogP contribution in [0.1, 0.15) is 19.3 Å². The van der Waals surface area contributed by atoms with E-state index in [1.165, 1.54) is 19.3 Å². The van der Waals surface area contributed by atoms with Crippen molar-refractivity contribution in [2.45, 2.75) is 19.3 Å². The van der Waals surface area contributed by atoms with Crippen LogP contribution in [-0.2, 0) is 0 Å². The molecule has 4 bridgehead atoms. The molecule has 0 aromatic carbocycles. The van der Waals surface area contributed by atoms with Crippen LogP contribution in [0.25, 0.3) is 0 Å². The van der Waals surface area contributed by atoms with Gasteiger partial charge >= 0.3 is 5.88 Å². The summed E-state index contributed by atoms with van der Waals surface area (Å²) >= 11 is 6.13. The van der Waals surface area contributed by atoms with E-state index in [4.69, 9.17) is 16.4 Å². The maximum atomic E-state index is 6.18. The minimum atomic E-state index is 0.501. The van der Waals surface area contributed by atoms with Gasteiger partial charge < -0.3 is 0 Å². The van der Waals surface area contributed by atoms with Gasteiger partial charge in [-0.25, -0.2) is 0 Å². The molecule has 96 valence electrons. The van der Waals surface area contributed by atoms with E-state index < -0.39 is 0 Å². The summed E-state index contributed by atoms with van der Waals surface area (Å²) in [7, 11) is 0. The summed E-state index contributed by atoms with van der Waals surface area (Å²) in [6, 6.07) is 1.74. The van der Waals surface area contributed by atoms with E-state index in [2.05, 4.69) is 10.2 Å². The third kappa shape index (κ3) is 1.70. The van der Waals surface area contributed by atoms with Crippen molar-refractivity contribution in [2.75, 3.05) is 19.6 Å². The van der Waals surface area contributed by atoms with E-state index in [1.54, 1.807) is 12.3 Å². The van der Waals surface area contributed by atoms with Crippen LogP contribution < -0.4 is 4.84 Å². The highest BCUT2D eigenvalue weighted by Gasteiger charge is 2.54. The van der Waals surface area contributed by atoms with E-state index in [1.807, 2.05) is 0 Å². The predicted molar refractivity (Wildman–Crippen MR) is 66.9 cm³/mol. The highest BCUT2D eigenvalue weighted by Crippen LogP contribution is 2.47. The topological polar surface area (TPSA) is 35.0 Å². The van der Waals surface area contributed by atoms with Gasteiger partial charge in [0, 0.05) is 17.8 Å². The summed E-state index contributed by atoms with van der Waals surface area (Å²) < 4.78 is 0.735. The van der Waals surface area contributed by atoms with Crippen LogP contribution in [0.3, 0.4) is 0 Å². The van der Waals surface area contributed by atoms with Crippen LogP contribution >= 0.6 is 11.6 Å². The molecule has 4 fully saturated rings. The fourth-order valence-electron chi connectivity index (χ4n) is 4.45. The molecule has 4 nitrogen and oxygen atoms in total. The van der Waals surface area contributed by atoms with Crippen LogP contribution in [0.5, 0.6) is 5.88 Å². The zero-order valence-electron chi connectivity index (χ0n) is 10.3. The standard InChI is InChI=1S/C13H17ClN3O/c14-12-1-2-15-16-13(12)18-17-6-9-3-10(7-17)5-11(4-9)8-17/h1-2,9-11H,3-8H2/q+1. The largest absolute Gasteiger partial charge is 0.318 e. The zero-order valence-corrected chi connectivity index (χ0v) is 11.0. The molecule has 5 rings (SSSR count). The second kappa shape index (κ2) is 3.81. The van der Waals surface area contributed by atoms with Crippen LogP contribution in [0, 0.1) is 17.8 Å². The van der Waals surface area contributed by atoms with Crippen molar-refractivity contribution in [2.24, 2.45) is 17.8 Å². The maximum absolute atomic E-state index is 6.18. The molecule has 0 spiro atoms. The monoisotopic (exact) mass is 266 g/mol. The van der Waals surface area contributed by atoms with Gasteiger partial charge in [-0.3, -0.25) is 4.84 Å². The van der Waals surface area contributed by atoms with Crippen molar-refractivity contribution >= 4 is 11.6 Å². The van der Waals surface area contributed by atoms with E-state index in [-0.39, 0.29) is 0 Å². The van der Waals surface area contributed by atoms with Crippen molar-refractivity contribution in [3.8, 4) is 5.88 Å². The summed E-state index contributed by atoms with van der Waals surface area (Å²) in [5.41, 5.74) is 0. The minimum absolute atomic E-state index is 0.501. The lowest BCUT2D eigenvalue weighted by molar-refractivity contribution is -1.10. The number of hydrogen-bond acceptors (Lipinski definition) is 3. The second-order valence-electron chi connectivity index (χ2n) is 6.19. The molecule has 0 radical (unpaired) electrons. The van der Waals surface area contributed by atoms with Crippen LogP contribution in [0.4, 0.5) is 0 Å². The Morgan fingerprint density at radius 2 is 1.72 bits per heavy atom. The third-order valence-electron chi connectivity index (χ3n) is 4.69. The first-order chi connectivity index (χ1) is 8.72. The van der Waals surface area contributed by atoms with Crippen molar-refractivity contribution in [1.29, 1.82) is 0 Å². The van der Waals surface area contributed by atoms with Gasteiger partial charge in [-0.05, 0) is 25.3 Å². The lowest BCUT2D eigenvalue weighted by atomic mass is 9.68. The molecule has 1 saturated carbocycles. The van der Waals surface area contributed by atoms with Crippen molar-refractivity contribution in [3.05, 3.63) is 17.3 Å². The maximum Gasteiger partial charge on any atom is 0.318 e. The van der Waals surface area contributed by atoms with E-state index >= 15 is 0 Å². The van der Waals surface area contributed by atoms with E-state index in [9.17, 15) is 0 Å². The van der Waals surface area contributed by atoms with E-state index in [0.717, 1.165) is 42.0 Å².